The van der Waals surface area contributed by atoms with Gasteiger partial charge in [0.2, 0.25) is 0 Å². The number of hydrogen-bond donors (Lipinski definition) is 0. The third kappa shape index (κ3) is 4.28. The van der Waals surface area contributed by atoms with Gasteiger partial charge in [-0.15, -0.1) is 0 Å². The Bertz CT molecular complexity index is 1060. The lowest BCUT2D eigenvalue weighted by Gasteiger charge is -2.33. The van der Waals surface area contributed by atoms with Gasteiger partial charge >= 0.3 is 0 Å². The van der Waals surface area contributed by atoms with Crippen molar-refractivity contribution in [3.8, 4) is 0 Å². The van der Waals surface area contributed by atoms with Gasteiger partial charge in [0, 0.05) is 22.3 Å². The van der Waals surface area contributed by atoms with Crippen molar-refractivity contribution in [2.45, 2.75) is 52.4 Å². The first-order chi connectivity index (χ1) is 14.0. The summed E-state index contributed by atoms with van der Waals surface area (Å²) in [6.07, 6.45) is 0. The number of carbonyl (C=O) groups excluding carboxylic acids is 2. The van der Waals surface area contributed by atoms with E-state index in [4.69, 9.17) is 0 Å². The van der Waals surface area contributed by atoms with E-state index in [0.717, 1.165) is 11.1 Å². The summed E-state index contributed by atoms with van der Waals surface area (Å²) in [5.41, 5.74) is 3.74. The van der Waals surface area contributed by atoms with Crippen LogP contribution >= 0.6 is 0 Å². The standard InChI is InChI=1S/C28H30O2/c1-27(2,3)22-18-17-21(25(29)19-13-9-7-10-14-19)23(24(22)28(4,5)6)26(30)20-15-11-8-12-16-20/h7-18H,1-6H3. The zero-order valence-electron chi connectivity index (χ0n) is 18.7. The zero-order chi connectivity index (χ0) is 22.1. The summed E-state index contributed by atoms with van der Waals surface area (Å²) in [4.78, 5) is 27.3. The van der Waals surface area contributed by atoms with Crippen LogP contribution < -0.4 is 0 Å². The zero-order valence-corrected chi connectivity index (χ0v) is 18.7. The van der Waals surface area contributed by atoms with Crippen molar-refractivity contribution in [2.24, 2.45) is 0 Å². The molecule has 0 aliphatic rings. The van der Waals surface area contributed by atoms with Crippen LogP contribution in [0.15, 0.2) is 72.8 Å². The largest absolute Gasteiger partial charge is 0.289 e. The summed E-state index contributed by atoms with van der Waals surface area (Å²) in [5, 5.41) is 0. The summed E-state index contributed by atoms with van der Waals surface area (Å²) >= 11 is 0. The minimum absolute atomic E-state index is 0.106. The molecular weight excluding hydrogens is 368 g/mol. The van der Waals surface area contributed by atoms with Crippen LogP contribution in [0.1, 0.15) is 84.5 Å². The van der Waals surface area contributed by atoms with E-state index in [1.165, 1.54) is 0 Å². The van der Waals surface area contributed by atoms with Crippen LogP contribution in [0.2, 0.25) is 0 Å². The maximum Gasteiger partial charge on any atom is 0.194 e. The molecule has 0 unspecified atom stereocenters. The Kier molecular flexibility index (Phi) is 5.81. The predicted octanol–water partition coefficient (Wildman–Crippen LogP) is 6.74. The molecule has 0 aliphatic heterocycles. The molecule has 0 amide bonds. The molecule has 0 atom stereocenters. The predicted molar refractivity (Wildman–Crippen MR) is 124 cm³/mol. The second-order valence-corrected chi connectivity index (χ2v) is 9.80. The van der Waals surface area contributed by atoms with E-state index in [9.17, 15) is 9.59 Å². The Labute approximate surface area is 180 Å². The normalized spacial score (nSPS) is 11.9. The maximum atomic E-state index is 13.8. The van der Waals surface area contributed by atoms with E-state index in [-0.39, 0.29) is 22.4 Å². The highest BCUT2D eigenvalue weighted by Crippen LogP contribution is 2.39. The Morgan fingerprint density at radius 2 is 1.03 bits per heavy atom. The van der Waals surface area contributed by atoms with Crippen LogP contribution in [-0.2, 0) is 10.8 Å². The average molecular weight is 399 g/mol. The molecule has 3 aromatic carbocycles. The summed E-state index contributed by atoms with van der Waals surface area (Å²) in [5.74, 6) is -0.230. The molecule has 3 aromatic rings. The molecule has 0 spiro atoms. The van der Waals surface area contributed by atoms with Gasteiger partial charge < -0.3 is 0 Å². The highest BCUT2D eigenvalue weighted by Gasteiger charge is 2.33. The van der Waals surface area contributed by atoms with Crippen molar-refractivity contribution in [1.29, 1.82) is 0 Å². The van der Waals surface area contributed by atoms with Gasteiger partial charge in [-0.3, -0.25) is 9.59 Å². The molecule has 3 rings (SSSR count). The highest BCUT2D eigenvalue weighted by molar-refractivity contribution is 6.20. The number of hydrogen-bond acceptors (Lipinski definition) is 2. The van der Waals surface area contributed by atoms with Crippen molar-refractivity contribution in [3.05, 3.63) is 106 Å². The fraction of sp³-hybridized carbons (Fsp3) is 0.286. The monoisotopic (exact) mass is 398 g/mol. The van der Waals surface area contributed by atoms with Crippen LogP contribution in [0.25, 0.3) is 0 Å². The number of benzene rings is 3. The summed E-state index contributed by atoms with van der Waals surface area (Å²) in [6.45, 7) is 12.8. The van der Waals surface area contributed by atoms with Gasteiger partial charge in [0.25, 0.3) is 0 Å². The molecule has 0 heterocycles. The molecule has 0 saturated carbocycles. The molecule has 2 nitrogen and oxygen atoms in total. The maximum absolute atomic E-state index is 13.8. The number of carbonyl (C=O) groups is 2. The van der Waals surface area contributed by atoms with E-state index in [2.05, 4.69) is 41.5 Å². The molecule has 0 fully saturated rings. The van der Waals surface area contributed by atoms with Gasteiger partial charge in [-0.1, -0.05) is 108 Å². The van der Waals surface area contributed by atoms with Crippen molar-refractivity contribution >= 4 is 11.6 Å². The molecule has 0 aromatic heterocycles. The number of ketones is 2. The van der Waals surface area contributed by atoms with Crippen LogP contribution in [0, 0.1) is 0 Å². The smallest absolute Gasteiger partial charge is 0.194 e. The van der Waals surface area contributed by atoms with E-state index in [1.807, 2.05) is 60.7 Å². The quantitative estimate of drug-likeness (QED) is 0.456. The van der Waals surface area contributed by atoms with E-state index >= 15 is 0 Å². The molecule has 0 bridgehead atoms. The molecular formula is C28H30O2. The molecule has 0 radical (unpaired) electrons. The van der Waals surface area contributed by atoms with Crippen LogP contribution in [-0.4, -0.2) is 11.6 Å². The molecule has 0 saturated heterocycles. The molecule has 154 valence electrons. The summed E-state index contributed by atoms with van der Waals surface area (Å²) < 4.78 is 0. The van der Waals surface area contributed by atoms with Gasteiger partial charge in [0.15, 0.2) is 11.6 Å². The van der Waals surface area contributed by atoms with Crippen molar-refractivity contribution in [2.75, 3.05) is 0 Å². The first-order valence-electron chi connectivity index (χ1n) is 10.4. The van der Waals surface area contributed by atoms with Crippen molar-refractivity contribution < 1.29 is 9.59 Å². The third-order valence-corrected chi connectivity index (χ3v) is 5.31. The molecule has 0 aliphatic carbocycles. The second-order valence-electron chi connectivity index (χ2n) is 9.80. The lowest BCUT2D eigenvalue weighted by atomic mass is 9.70. The van der Waals surface area contributed by atoms with Gasteiger partial charge in [0.05, 0.1) is 0 Å². The third-order valence-electron chi connectivity index (χ3n) is 5.31. The average Bonchev–Trinajstić information content (AvgIpc) is 2.71. The van der Waals surface area contributed by atoms with Gasteiger partial charge in [-0.05, 0) is 28.0 Å². The highest BCUT2D eigenvalue weighted by atomic mass is 16.1. The molecule has 2 heteroatoms. The van der Waals surface area contributed by atoms with E-state index in [0.29, 0.717) is 22.3 Å². The minimum Gasteiger partial charge on any atom is -0.289 e. The van der Waals surface area contributed by atoms with Gasteiger partial charge in [-0.2, -0.15) is 0 Å². The lowest BCUT2D eigenvalue weighted by Crippen LogP contribution is -2.27. The fourth-order valence-electron chi connectivity index (χ4n) is 3.91. The van der Waals surface area contributed by atoms with E-state index in [1.54, 1.807) is 12.1 Å². The van der Waals surface area contributed by atoms with Crippen molar-refractivity contribution in [1.82, 2.24) is 0 Å². The fourth-order valence-corrected chi connectivity index (χ4v) is 3.91. The topological polar surface area (TPSA) is 34.1 Å². The SMILES string of the molecule is CC(C)(C)c1ccc(C(=O)c2ccccc2)c(C(=O)c2ccccc2)c1C(C)(C)C. The Morgan fingerprint density at radius 3 is 1.47 bits per heavy atom. The minimum atomic E-state index is -0.310. The summed E-state index contributed by atoms with van der Waals surface area (Å²) in [6, 6.07) is 22.3. The van der Waals surface area contributed by atoms with Crippen LogP contribution in [0.5, 0.6) is 0 Å². The molecule has 0 N–H and O–H groups in total. The van der Waals surface area contributed by atoms with E-state index < -0.39 is 0 Å². The van der Waals surface area contributed by atoms with Crippen molar-refractivity contribution in [3.63, 3.8) is 0 Å². The first-order valence-corrected chi connectivity index (χ1v) is 10.4. The Morgan fingerprint density at radius 1 is 0.567 bits per heavy atom. The number of rotatable bonds is 4. The summed E-state index contributed by atoms with van der Waals surface area (Å²) in [7, 11) is 0. The van der Waals surface area contributed by atoms with Crippen LogP contribution in [0.4, 0.5) is 0 Å². The molecule has 30 heavy (non-hydrogen) atoms. The van der Waals surface area contributed by atoms with Crippen LogP contribution in [0.3, 0.4) is 0 Å². The Balaban J connectivity index is 2.38. The van der Waals surface area contributed by atoms with Gasteiger partial charge in [0.1, 0.15) is 0 Å². The van der Waals surface area contributed by atoms with Gasteiger partial charge in [-0.25, -0.2) is 0 Å². The first kappa shape index (κ1) is 21.7. The lowest BCUT2D eigenvalue weighted by molar-refractivity contribution is 0.100. The Hall–Kier alpha value is -3.00. The second kappa shape index (κ2) is 8.02.